The molecular formula is C20H18ClN3O2. The number of ether oxygens (including phenoxy) is 1. The average molecular weight is 368 g/mol. The van der Waals surface area contributed by atoms with Crippen LogP contribution in [0.1, 0.15) is 6.42 Å². The van der Waals surface area contributed by atoms with Gasteiger partial charge < -0.3 is 15.0 Å². The van der Waals surface area contributed by atoms with Crippen molar-refractivity contribution in [2.75, 3.05) is 18.4 Å². The second-order valence-electron chi connectivity index (χ2n) is 6.25. The van der Waals surface area contributed by atoms with E-state index in [1.807, 2.05) is 36.4 Å². The van der Waals surface area contributed by atoms with Gasteiger partial charge in [-0.1, -0.05) is 29.8 Å². The molecule has 6 heteroatoms. The summed E-state index contributed by atoms with van der Waals surface area (Å²) in [5, 5.41) is 4.60. The van der Waals surface area contributed by atoms with E-state index >= 15 is 0 Å². The highest BCUT2D eigenvalue weighted by atomic mass is 35.5. The van der Waals surface area contributed by atoms with Gasteiger partial charge in [0.25, 0.3) is 0 Å². The molecule has 2 amide bonds. The lowest BCUT2D eigenvalue weighted by Gasteiger charge is -2.18. The fourth-order valence-corrected chi connectivity index (χ4v) is 3.15. The van der Waals surface area contributed by atoms with Gasteiger partial charge in [-0.2, -0.15) is 0 Å². The van der Waals surface area contributed by atoms with Gasteiger partial charge in [-0.3, -0.25) is 0 Å². The topological polar surface area (TPSA) is 54.5 Å². The first-order valence-corrected chi connectivity index (χ1v) is 8.89. The Morgan fingerprint density at radius 1 is 1.12 bits per heavy atom. The van der Waals surface area contributed by atoms with Crippen molar-refractivity contribution in [3.63, 3.8) is 0 Å². The summed E-state index contributed by atoms with van der Waals surface area (Å²) in [6.07, 6.45) is 0.724. The number of aromatic nitrogens is 1. The third kappa shape index (κ3) is 3.73. The maximum absolute atomic E-state index is 12.4. The van der Waals surface area contributed by atoms with E-state index in [1.165, 1.54) is 0 Å². The van der Waals surface area contributed by atoms with Gasteiger partial charge in [-0.05, 0) is 36.4 Å². The molecule has 0 saturated carbocycles. The SMILES string of the molecule is O=C(Nc1ccc(Cl)cc1)N1CCC(Oc2ccc3ccccc3n2)C1. The quantitative estimate of drug-likeness (QED) is 0.737. The highest BCUT2D eigenvalue weighted by Gasteiger charge is 2.28. The predicted octanol–water partition coefficient (Wildman–Crippen LogP) is 4.57. The van der Waals surface area contributed by atoms with Crippen molar-refractivity contribution in [1.29, 1.82) is 0 Å². The van der Waals surface area contributed by atoms with Gasteiger partial charge in [0.05, 0.1) is 12.1 Å². The Bertz CT molecular complexity index is 930. The minimum Gasteiger partial charge on any atom is -0.472 e. The highest BCUT2D eigenvalue weighted by Crippen LogP contribution is 2.21. The fourth-order valence-electron chi connectivity index (χ4n) is 3.03. The lowest BCUT2D eigenvalue weighted by Crippen LogP contribution is -2.34. The van der Waals surface area contributed by atoms with Crippen LogP contribution in [-0.4, -0.2) is 35.1 Å². The Balaban J connectivity index is 1.36. The molecule has 1 fully saturated rings. The monoisotopic (exact) mass is 367 g/mol. The molecule has 132 valence electrons. The molecule has 1 atom stereocenters. The number of anilines is 1. The predicted molar refractivity (Wildman–Crippen MR) is 103 cm³/mol. The first kappa shape index (κ1) is 16.7. The van der Waals surface area contributed by atoms with E-state index in [1.54, 1.807) is 29.2 Å². The number of nitrogens with zero attached hydrogens (tertiary/aromatic N) is 2. The number of hydrogen-bond acceptors (Lipinski definition) is 3. The van der Waals surface area contributed by atoms with Crippen molar-refractivity contribution >= 4 is 34.2 Å². The van der Waals surface area contributed by atoms with Crippen LogP contribution in [0, 0.1) is 0 Å². The number of rotatable bonds is 3. The summed E-state index contributed by atoms with van der Waals surface area (Å²) in [4.78, 5) is 18.7. The number of halogens is 1. The van der Waals surface area contributed by atoms with Crippen LogP contribution in [0.15, 0.2) is 60.7 Å². The molecule has 1 N–H and O–H groups in total. The van der Waals surface area contributed by atoms with Gasteiger partial charge in [0.2, 0.25) is 5.88 Å². The molecule has 4 rings (SSSR count). The number of pyridine rings is 1. The average Bonchev–Trinajstić information content (AvgIpc) is 3.12. The van der Waals surface area contributed by atoms with E-state index < -0.39 is 0 Å². The molecule has 1 aliphatic heterocycles. The lowest BCUT2D eigenvalue weighted by molar-refractivity contribution is 0.190. The number of carbonyl (C=O) groups is 1. The van der Waals surface area contributed by atoms with E-state index in [4.69, 9.17) is 16.3 Å². The van der Waals surface area contributed by atoms with Crippen molar-refractivity contribution in [3.05, 3.63) is 65.7 Å². The molecule has 2 heterocycles. The largest absolute Gasteiger partial charge is 0.472 e. The molecule has 0 aliphatic carbocycles. The third-order valence-corrected chi connectivity index (χ3v) is 4.64. The first-order chi connectivity index (χ1) is 12.7. The number of urea groups is 1. The first-order valence-electron chi connectivity index (χ1n) is 8.51. The van der Waals surface area contributed by atoms with Crippen molar-refractivity contribution in [3.8, 4) is 5.88 Å². The third-order valence-electron chi connectivity index (χ3n) is 4.39. The van der Waals surface area contributed by atoms with Gasteiger partial charge in [0.1, 0.15) is 6.10 Å². The van der Waals surface area contributed by atoms with E-state index in [-0.39, 0.29) is 12.1 Å². The molecular weight excluding hydrogens is 350 g/mol. The summed E-state index contributed by atoms with van der Waals surface area (Å²) in [5.74, 6) is 0.591. The summed E-state index contributed by atoms with van der Waals surface area (Å²) < 4.78 is 5.98. The second kappa shape index (κ2) is 7.22. The fraction of sp³-hybridized carbons (Fsp3) is 0.200. The zero-order valence-corrected chi connectivity index (χ0v) is 14.8. The maximum atomic E-state index is 12.4. The standard InChI is InChI=1S/C20H18ClN3O2/c21-15-6-8-16(9-7-15)22-20(25)24-12-11-17(13-24)26-19-10-5-14-3-1-2-4-18(14)23-19/h1-10,17H,11-13H2,(H,22,25). The van der Waals surface area contributed by atoms with Crippen LogP contribution >= 0.6 is 11.6 Å². The van der Waals surface area contributed by atoms with Crippen molar-refractivity contribution in [2.45, 2.75) is 12.5 Å². The summed E-state index contributed by atoms with van der Waals surface area (Å²) in [5.41, 5.74) is 1.63. The normalized spacial score (nSPS) is 16.7. The number of likely N-dealkylation sites (tertiary alicyclic amines) is 1. The van der Waals surface area contributed by atoms with Crippen LogP contribution in [0.5, 0.6) is 5.88 Å². The summed E-state index contributed by atoms with van der Waals surface area (Å²) in [6, 6.07) is 18.7. The molecule has 5 nitrogen and oxygen atoms in total. The molecule has 1 aromatic heterocycles. The molecule has 26 heavy (non-hydrogen) atoms. The molecule has 0 spiro atoms. The Kier molecular flexibility index (Phi) is 4.63. The van der Waals surface area contributed by atoms with Crippen molar-refractivity contribution in [2.24, 2.45) is 0 Å². The summed E-state index contributed by atoms with van der Waals surface area (Å²) in [6.45, 7) is 1.19. The number of fused-ring (bicyclic) bond motifs is 1. The summed E-state index contributed by atoms with van der Waals surface area (Å²) in [7, 11) is 0. The lowest BCUT2D eigenvalue weighted by atomic mass is 10.2. The van der Waals surface area contributed by atoms with E-state index in [9.17, 15) is 4.79 Å². The number of amides is 2. The Morgan fingerprint density at radius 3 is 2.77 bits per heavy atom. The summed E-state index contributed by atoms with van der Waals surface area (Å²) >= 11 is 5.86. The molecule has 0 radical (unpaired) electrons. The Labute approximate surface area is 156 Å². The molecule has 1 unspecified atom stereocenters. The Morgan fingerprint density at radius 2 is 1.92 bits per heavy atom. The van der Waals surface area contributed by atoms with Crippen LogP contribution in [-0.2, 0) is 0 Å². The molecule has 1 aliphatic rings. The van der Waals surface area contributed by atoms with Crippen LogP contribution in [0.25, 0.3) is 10.9 Å². The van der Waals surface area contributed by atoms with Gasteiger partial charge in [0, 0.05) is 35.1 Å². The minimum absolute atomic E-state index is 0.0559. The van der Waals surface area contributed by atoms with Gasteiger partial charge in [-0.25, -0.2) is 9.78 Å². The Hall–Kier alpha value is -2.79. The van der Waals surface area contributed by atoms with Crippen LogP contribution < -0.4 is 10.1 Å². The van der Waals surface area contributed by atoms with Gasteiger partial charge in [-0.15, -0.1) is 0 Å². The number of para-hydroxylation sites is 1. The number of carbonyl (C=O) groups excluding carboxylic acids is 1. The minimum atomic E-state index is -0.134. The zero-order valence-electron chi connectivity index (χ0n) is 14.1. The number of nitrogens with one attached hydrogen (secondary N) is 1. The van der Waals surface area contributed by atoms with Crippen LogP contribution in [0.3, 0.4) is 0 Å². The van der Waals surface area contributed by atoms with Gasteiger partial charge >= 0.3 is 6.03 Å². The van der Waals surface area contributed by atoms with E-state index in [0.717, 1.165) is 23.0 Å². The number of benzene rings is 2. The van der Waals surface area contributed by atoms with Crippen LogP contribution in [0.4, 0.5) is 10.5 Å². The maximum Gasteiger partial charge on any atom is 0.321 e. The number of hydrogen-bond donors (Lipinski definition) is 1. The molecule has 1 saturated heterocycles. The van der Waals surface area contributed by atoms with Crippen LogP contribution in [0.2, 0.25) is 5.02 Å². The smallest absolute Gasteiger partial charge is 0.321 e. The molecule has 0 bridgehead atoms. The van der Waals surface area contributed by atoms with E-state index in [2.05, 4.69) is 10.3 Å². The zero-order chi connectivity index (χ0) is 17.9. The van der Waals surface area contributed by atoms with Crippen molar-refractivity contribution in [1.82, 2.24) is 9.88 Å². The molecule has 3 aromatic rings. The van der Waals surface area contributed by atoms with E-state index in [0.29, 0.717) is 24.0 Å². The molecule has 2 aromatic carbocycles. The van der Waals surface area contributed by atoms with Crippen molar-refractivity contribution < 1.29 is 9.53 Å². The van der Waals surface area contributed by atoms with Gasteiger partial charge in [0.15, 0.2) is 0 Å². The second-order valence-corrected chi connectivity index (χ2v) is 6.69. The highest BCUT2D eigenvalue weighted by molar-refractivity contribution is 6.30.